The van der Waals surface area contributed by atoms with E-state index in [0.29, 0.717) is 11.4 Å². The summed E-state index contributed by atoms with van der Waals surface area (Å²) in [6.45, 7) is 7.20. The third kappa shape index (κ3) is 5.13. The lowest BCUT2D eigenvalue weighted by Gasteiger charge is -2.32. The molecule has 7 nitrogen and oxygen atoms in total. The highest BCUT2D eigenvalue weighted by Crippen LogP contribution is 2.23. The maximum absolute atomic E-state index is 12.8. The first-order valence-electron chi connectivity index (χ1n) is 10.5. The molecule has 1 saturated heterocycles. The zero-order chi connectivity index (χ0) is 21.8. The van der Waals surface area contributed by atoms with Gasteiger partial charge in [0.05, 0.1) is 7.11 Å². The maximum atomic E-state index is 12.8. The van der Waals surface area contributed by atoms with Crippen LogP contribution >= 0.6 is 0 Å². The quantitative estimate of drug-likeness (QED) is 0.665. The summed E-state index contributed by atoms with van der Waals surface area (Å²) < 4.78 is 7.10. The second-order valence-corrected chi connectivity index (χ2v) is 8.05. The number of hydrogen-bond acceptors (Lipinski definition) is 5. The lowest BCUT2D eigenvalue weighted by molar-refractivity contribution is 0.102. The Morgan fingerprint density at radius 2 is 1.90 bits per heavy atom. The highest BCUT2D eigenvalue weighted by Gasteiger charge is 2.15. The van der Waals surface area contributed by atoms with Crippen molar-refractivity contribution in [3.8, 4) is 11.4 Å². The van der Waals surface area contributed by atoms with E-state index in [2.05, 4.69) is 33.3 Å². The summed E-state index contributed by atoms with van der Waals surface area (Å²) in [5.74, 6) is 0.472. The molecule has 31 heavy (non-hydrogen) atoms. The third-order valence-electron chi connectivity index (χ3n) is 5.59. The number of hydrogen-bond donors (Lipinski definition) is 1. The Hall–Kier alpha value is -3.16. The molecule has 1 amide bonds. The van der Waals surface area contributed by atoms with E-state index >= 15 is 0 Å². The van der Waals surface area contributed by atoms with Crippen molar-refractivity contribution in [1.82, 2.24) is 19.6 Å². The van der Waals surface area contributed by atoms with Crippen molar-refractivity contribution < 1.29 is 9.53 Å². The number of amides is 1. The zero-order valence-electron chi connectivity index (χ0n) is 18.3. The van der Waals surface area contributed by atoms with Crippen LogP contribution in [0.5, 0.6) is 5.75 Å². The Morgan fingerprint density at radius 1 is 1.10 bits per heavy atom. The summed E-state index contributed by atoms with van der Waals surface area (Å²) in [5, 5.41) is 7.44. The molecule has 2 heterocycles. The van der Waals surface area contributed by atoms with Crippen LogP contribution in [-0.2, 0) is 6.54 Å². The van der Waals surface area contributed by atoms with Gasteiger partial charge in [-0.3, -0.25) is 9.69 Å². The fourth-order valence-corrected chi connectivity index (χ4v) is 3.77. The van der Waals surface area contributed by atoms with Gasteiger partial charge >= 0.3 is 0 Å². The molecule has 1 aliphatic heterocycles. The van der Waals surface area contributed by atoms with E-state index in [1.54, 1.807) is 24.1 Å². The average Bonchev–Trinajstić information content (AvgIpc) is 3.26. The van der Waals surface area contributed by atoms with Gasteiger partial charge in [0.1, 0.15) is 11.4 Å². The second-order valence-electron chi connectivity index (χ2n) is 8.05. The highest BCUT2D eigenvalue weighted by molar-refractivity contribution is 6.02. The van der Waals surface area contributed by atoms with Gasteiger partial charge in [-0.25, -0.2) is 4.68 Å². The second kappa shape index (κ2) is 9.32. The number of aromatic nitrogens is 2. The largest absolute Gasteiger partial charge is 0.494 e. The van der Waals surface area contributed by atoms with Crippen molar-refractivity contribution >= 4 is 11.6 Å². The van der Waals surface area contributed by atoms with Gasteiger partial charge in [-0.1, -0.05) is 18.2 Å². The number of nitrogens with zero attached hydrogens (tertiary/aromatic N) is 4. The first kappa shape index (κ1) is 21.1. The van der Waals surface area contributed by atoms with E-state index in [-0.39, 0.29) is 5.91 Å². The van der Waals surface area contributed by atoms with Crippen LogP contribution in [0, 0.1) is 6.92 Å². The minimum Gasteiger partial charge on any atom is -0.494 e. The van der Waals surface area contributed by atoms with Crippen LogP contribution in [0.2, 0.25) is 0 Å². The normalized spacial score (nSPS) is 15.1. The first-order chi connectivity index (χ1) is 15.0. The molecular formula is C24H29N5O2. The number of likely N-dealkylation sites (N-methyl/N-ethyl adjacent to an activating group) is 1. The number of piperazine rings is 1. The van der Waals surface area contributed by atoms with Gasteiger partial charge in [-0.05, 0) is 55.4 Å². The molecule has 0 aliphatic carbocycles. The maximum Gasteiger partial charge on any atom is 0.276 e. The van der Waals surface area contributed by atoms with Gasteiger partial charge < -0.3 is 15.0 Å². The number of ether oxygens (including phenoxy) is 1. The monoisotopic (exact) mass is 419 g/mol. The summed E-state index contributed by atoms with van der Waals surface area (Å²) in [6.07, 6.45) is 1.77. The summed E-state index contributed by atoms with van der Waals surface area (Å²) in [5.41, 5.74) is 4.22. The molecule has 1 aliphatic rings. The van der Waals surface area contributed by atoms with E-state index in [0.717, 1.165) is 49.7 Å². The van der Waals surface area contributed by atoms with Crippen LogP contribution in [0.15, 0.2) is 54.7 Å². The van der Waals surface area contributed by atoms with E-state index < -0.39 is 0 Å². The number of methoxy groups -OCH3 is 1. The van der Waals surface area contributed by atoms with Gasteiger partial charge in [-0.2, -0.15) is 5.10 Å². The number of rotatable bonds is 6. The molecule has 0 spiro atoms. The minimum atomic E-state index is -0.234. The van der Waals surface area contributed by atoms with Gasteiger partial charge in [0.25, 0.3) is 5.91 Å². The standard InChI is InChI=1S/C24H29N5O2/c1-18-7-8-23(31-3)22(15-18)29-10-9-21(26-29)24(30)25-20-6-4-5-19(16-20)17-28-13-11-27(2)12-14-28/h4-10,15-16H,11-14,17H2,1-3H3,(H,25,30). The molecule has 7 heteroatoms. The fourth-order valence-electron chi connectivity index (χ4n) is 3.77. The number of aryl methyl sites for hydroxylation is 1. The van der Waals surface area contributed by atoms with Crippen molar-refractivity contribution in [2.45, 2.75) is 13.5 Å². The van der Waals surface area contributed by atoms with Crippen LogP contribution in [-0.4, -0.2) is 65.8 Å². The predicted molar refractivity (Wildman–Crippen MR) is 122 cm³/mol. The molecule has 0 radical (unpaired) electrons. The Bertz CT molecular complexity index is 1050. The summed E-state index contributed by atoms with van der Waals surface area (Å²) >= 11 is 0. The number of carbonyl (C=O) groups is 1. The molecule has 3 aromatic rings. The Balaban J connectivity index is 1.44. The highest BCUT2D eigenvalue weighted by atomic mass is 16.5. The van der Waals surface area contributed by atoms with Gasteiger partial charge in [0.15, 0.2) is 5.69 Å². The van der Waals surface area contributed by atoms with E-state index in [9.17, 15) is 4.79 Å². The Kier molecular flexibility index (Phi) is 6.34. The van der Waals surface area contributed by atoms with Crippen LogP contribution in [0.3, 0.4) is 0 Å². The average molecular weight is 420 g/mol. The van der Waals surface area contributed by atoms with Crippen LogP contribution in [0.25, 0.3) is 5.69 Å². The molecule has 162 valence electrons. The lowest BCUT2D eigenvalue weighted by atomic mass is 10.1. The zero-order valence-corrected chi connectivity index (χ0v) is 18.3. The Morgan fingerprint density at radius 3 is 2.68 bits per heavy atom. The minimum absolute atomic E-state index is 0.234. The van der Waals surface area contributed by atoms with Crippen LogP contribution in [0.1, 0.15) is 21.6 Å². The molecule has 0 atom stereocenters. The molecule has 2 aromatic carbocycles. The van der Waals surface area contributed by atoms with Gasteiger partial charge in [-0.15, -0.1) is 0 Å². The first-order valence-corrected chi connectivity index (χ1v) is 10.5. The van der Waals surface area contributed by atoms with Crippen molar-refractivity contribution in [1.29, 1.82) is 0 Å². The number of nitrogens with one attached hydrogen (secondary N) is 1. The molecule has 0 saturated carbocycles. The smallest absolute Gasteiger partial charge is 0.276 e. The lowest BCUT2D eigenvalue weighted by Crippen LogP contribution is -2.43. The molecule has 1 fully saturated rings. The van der Waals surface area contributed by atoms with E-state index in [1.165, 1.54) is 5.56 Å². The summed E-state index contributed by atoms with van der Waals surface area (Å²) in [6, 6.07) is 15.6. The number of anilines is 1. The predicted octanol–water partition coefficient (Wildman–Crippen LogP) is 3.19. The summed E-state index contributed by atoms with van der Waals surface area (Å²) in [7, 11) is 3.78. The van der Waals surface area contributed by atoms with E-state index in [4.69, 9.17) is 4.74 Å². The SMILES string of the molecule is COc1ccc(C)cc1-n1ccc(C(=O)Nc2cccc(CN3CCN(C)CC3)c2)n1. The van der Waals surface area contributed by atoms with Crippen LogP contribution in [0.4, 0.5) is 5.69 Å². The van der Waals surface area contributed by atoms with Crippen molar-refractivity contribution in [2.75, 3.05) is 45.7 Å². The number of carbonyl (C=O) groups excluding carboxylic acids is 1. The molecule has 1 N–H and O–H groups in total. The summed E-state index contributed by atoms with van der Waals surface area (Å²) in [4.78, 5) is 17.6. The molecule has 0 unspecified atom stereocenters. The molecule has 0 bridgehead atoms. The third-order valence-corrected chi connectivity index (χ3v) is 5.59. The van der Waals surface area contributed by atoms with Crippen molar-refractivity contribution in [2.24, 2.45) is 0 Å². The van der Waals surface area contributed by atoms with Crippen molar-refractivity contribution in [3.05, 3.63) is 71.5 Å². The number of benzene rings is 2. The van der Waals surface area contributed by atoms with Gasteiger partial charge in [0.2, 0.25) is 0 Å². The topological polar surface area (TPSA) is 62.6 Å². The fraction of sp³-hybridized carbons (Fsp3) is 0.333. The molecule has 4 rings (SSSR count). The van der Waals surface area contributed by atoms with Gasteiger partial charge in [0, 0.05) is 44.6 Å². The van der Waals surface area contributed by atoms with E-state index in [1.807, 2.05) is 43.3 Å². The van der Waals surface area contributed by atoms with Crippen LogP contribution < -0.4 is 10.1 Å². The molecular weight excluding hydrogens is 390 g/mol. The Labute approximate surface area is 183 Å². The van der Waals surface area contributed by atoms with Crippen molar-refractivity contribution in [3.63, 3.8) is 0 Å². The molecule has 1 aromatic heterocycles.